The van der Waals surface area contributed by atoms with E-state index in [9.17, 15) is 0 Å². The first-order valence-corrected chi connectivity index (χ1v) is 7.44. The molecule has 1 atom stereocenters. The number of aryl methyl sites for hydroxylation is 1. The molecule has 3 aromatic rings. The highest BCUT2D eigenvalue weighted by atomic mass is 32.2. The monoisotopic (exact) mass is 293 g/mol. The molecule has 0 aromatic carbocycles. The summed E-state index contributed by atoms with van der Waals surface area (Å²) >= 11 is 3.23. The van der Waals surface area contributed by atoms with Gasteiger partial charge in [0.05, 0.1) is 11.5 Å². The summed E-state index contributed by atoms with van der Waals surface area (Å²) in [5.74, 6) is 1.66. The lowest BCUT2D eigenvalue weighted by Gasteiger charge is -2.01. The van der Waals surface area contributed by atoms with Gasteiger partial charge in [0.25, 0.3) is 0 Å². The molecule has 3 aromatic heterocycles. The minimum atomic E-state index is 0.0572. The van der Waals surface area contributed by atoms with E-state index in [1.807, 2.05) is 19.2 Å². The molecule has 3 rings (SSSR count). The summed E-state index contributed by atoms with van der Waals surface area (Å²) < 4.78 is 11.5. The molecular formula is C12H11N3O2S2. The Morgan fingerprint density at radius 2 is 2.26 bits per heavy atom. The summed E-state index contributed by atoms with van der Waals surface area (Å²) in [5, 5.41) is 6.00. The maximum atomic E-state index is 5.26. The van der Waals surface area contributed by atoms with Gasteiger partial charge in [-0.15, -0.1) is 11.3 Å². The molecule has 0 aliphatic heterocycles. The minimum absolute atomic E-state index is 0.0572. The van der Waals surface area contributed by atoms with Crippen LogP contribution >= 0.6 is 23.1 Å². The summed E-state index contributed by atoms with van der Waals surface area (Å²) in [5.41, 5.74) is 1.03. The van der Waals surface area contributed by atoms with E-state index in [0.29, 0.717) is 17.5 Å². The van der Waals surface area contributed by atoms with Crippen molar-refractivity contribution in [1.29, 1.82) is 0 Å². The molecule has 0 aliphatic carbocycles. The Balaban J connectivity index is 1.75. The third kappa shape index (κ3) is 2.71. The van der Waals surface area contributed by atoms with Crippen LogP contribution in [0.2, 0.25) is 0 Å². The topological polar surface area (TPSA) is 65.0 Å². The van der Waals surface area contributed by atoms with Gasteiger partial charge < -0.3 is 8.94 Å². The van der Waals surface area contributed by atoms with Crippen molar-refractivity contribution in [1.82, 2.24) is 15.1 Å². The standard InChI is InChI=1S/C12H11N3O2S2/c1-7-6-18-12(13-7)19-8(2)11-14-10(15-17-11)9-4-3-5-16-9/h3-6,8H,1-2H3/t8-/m1/s1. The lowest BCUT2D eigenvalue weighted by atomic mass is 10.4. The van der Waals surface area contributed by atoms with Crippen LogP contribution in [-0.2, 0) is 0 Å². The normalized spacial score (nSPS) is 12.7. The number of thioether (sulfide) groups is 1. The highest BCUT2D eigenvalue weighted by molar-refractivity contribution is 8.01. The summed E-state index contributed by atoms with van der Waals surface area (Å²) in [6, 6.07) is 3.60. The van der Waals surface area contributed by atoms with E-state index in [2.05, 4.69) is 15.1 Å². The molecule has 3 heterocycles. The molecular weight excluding hydrogens is 282 g/mol. The van der Waals surface area contributed by atoms with Crippen molar-refractivity contribution in [3.05, 3.63) is 35.4 Å². The van der Waals surface area contributed by atoms with E-state index in [4.69, 9.17) is 8.94 Å². The first-order chi connectivity index (χ1) is 9.22. The van der Waals surface area contributed by atoms with Crippen LogP contribution in [0.3, 0.4) is 0 Å². The van der Waals surface area contributed by atoms with Gasteiger partial charge >= 0.3 is 0 Å². The fourth-order valence-corrected chi connectivity index (χ4v) is 3.51. The van der Waals surface area contributed by atoms with Crippen molar-refractivity contribution < 1.29 is 8.94 Å². The molecule has 98 valence electrons. The molecule has 5 nitrogen and oxygen atoms in total. The van der Waals surface area contributed by atoms with Crippen LogP contribution in [0.5, 0.6) is 0 Å². The van der Waals surface area contributed by atoms with Crippen molar-refractivity contribution in [2.45, 2.75) is 23.4 Å². The Labute approximate surface area is 118 Å². The van der Waals surface area contributed by atoms with Crippen LogP contribution in [0.4, 0.5) is 0 Å². The number of nitrogens with zero attached hydrogens (tertiary/aromatic N) is 3. The van der Waals surface area contributed by atoms with Crippen LogP contribution in [0, 0.1) is 6.92 Å². The van der Waals surface area contributed by atoms with Crippen molar-refractivity contribution in [2.24, 2.45) is 0 Å². The molecule has 0 aliphatic rings. The maximum absolute atomic E-state index is 5.26. The van der Waals surface area contributed by atoms with Gasteiger partial charge in [0, 0.05) is 11.1 Å². The van der Waals surface area contributed by atoms with Crippen LogP contribution in [0.1, 0.15) is 23.8 Å². The van der Waals surface area contributed by atoms with E-state index in [1.165, 1.54) is 0 Å². The van der Waals surface area contributed by atoms with Crippen LogP contribution in [0.25, 0.3) is 11.6 Å². The molecule has 0 N–H and O–H groups in total. The second kappa shape index (κ2) is 5.18. The summed E-state index contributed by atoms with van der Waals surface area (Å²) in [6.45, 7) is 3.99. The number of thiazole rings is 1. The van der Waals surface area contributed by atoms with E-state index in [0.717, 1.165) is 10.0 Å². The molecule has 0 unspecified atom stereocenters. The van der Waals surface area contributed by atoms with Gasteiger partial charge in [0.2, 0.25) is 11.7 Å². The largest absolute Gasteiger partial charge is 0.461 e. The molecule has 0 radical (unpaired) electrons. The average Bonchev–Trinajstić information content (AvgIpc) is 3.08. The van der Waals surface area contributed by atoms with Gasteiger partial charge in [-0.2, -0.15) is 4.98 Å². The van der Waals surface area contributed by atoms with Crippen LogP contribution in [-0.4, -0.2) is 15.1 Å². The smallest absolute Gasteiger partial charge is 0.240 e. The van der Waals surface area contributed by atoms with E-state index in [-0.39, 0.29) is 5.25 Å². The lowest BCUT2D eigenvalue weighted by molar-refractivity contribution is 0.379. The summed E-state index contributed by atoms with van der Waals surface area (Å²) in [6.07, 6.45) is 1.59. The molecule has 7 heteroatoms. The molecule has 0 bridgehead atoms. The predicted octanol–water partition coefficient (Wildman–Crippen LogP) is 3.95. The quantitative estimate of drug-likeness (QED) is 0.679. The van der Waals surface area contributed by atoms with Crippen LogP contribution < -0.4 is 0 Å². The zero-order valence-electron chi connectivity index (χ0n) is 10.4. The summed E-state index contributed by atoms with van der Waals surface area (Å²) in [7, 11) is 0. The zero-order valence-corrected chi connectivity index (χ0v) is 12.0. The van der Waals surface area contributed by atoms with Crippen LogP contribution in [0.15, 0.2) is 37.1 Å². The zero-order chi connectivity index (χ0) is 13.2. The van der Waals surface area contributed by atoms with Crippen molar-refractivity contribution in [2.75, 3.05) is 0 Å². The van der Waals surface area contributed by atoms with Gasteiger partial charge in [0.1, 0.15) is 0 Å². The Hall–Kier alpha value is -1.60. The first kappa shape index (κ1) is 12.4. The average molecular weight is 293 g/mol. The van der Waals surface area contributed by atoms with Gasteiger partial charge in [0.15, 0.2) is 10.1 Å². The fraction of sp³-hybridized carbons (Fsp3) is 0.250. The Morgan fingerprint density at radius 3 is 2.95 bits per heavy atom. The Kier molecular flexibility index (Phi) is 3.39. The van der Waals surface area contributed by atoms with E-state index >= 15 is 0 Å². The van der Waals surface area contributed by atoms with E-state index < -0.39 is 0 Å². The van der Waals surface area contributed by atoms with Gasteiger partial charge in [-0.3, -0.25) is 0 Å². The number of rotatable bonds is 4. The number of hydrogen-bond donors (Lipinski definition) is 0. The SMILES string of the molecule is Cc1csc(S[C@H](C)c2nc(-c3ccco3)no2)n1. The number of hydrogen-bond acceptors (Lipinski definition) is 7. The van der Waals surface area contributed by atoms with Gasteiger partial charge in [-0.05, 0) is 26.0 Å². The third-order valence-electron chi connectivity index (χ3n) is 2.41. The second-order valence-corrected chi connectivity index (χ2v) is 6.39. The molecule has 0 amide bonds. The maximum Gasteiger partial charge on any atom is 0.240 e. The Bertz CT molecular complexity index is 660. The first-order valence-electron chi connectivity index (χ1n) is 5.68. The molecule has 0 saturated carbocycles. The highest BCUT2D eigenvalue weighted by Gasteiger charge is 2.18. The van der Waals surface area contributed by atoms with Crippen molar-refractivity contribution in [3.63, 3.8) is 0 Å². The van der Waals surface area contributed by atoms with E-state index in [1.54, 1.807) is 41.5 Å². The van der Waals surface area contributed by atoms with Crippen molar-refractivity contribution >= 4 is 23.1 Å². The minimum Gasteiger partial charge on any atom is -0.461 e. The predicted molar refractivity (Wildman–Crippen MR) is 73.1 cm³/mol. The third-order valence-corrected chi connectivity index (χ3v) is 4.58. The van der Waals surface area contributed by atoms with Crippen molar-refractivity contribution in [3.8, 4) is 11.6 Å². The molecule has 0 spiro atoms. The number of furan rings is 1. The van der Waals surface area contributed by atoms with Gasteiger partial charge in [-0.1, -0.05) is 16.9 Å². The fourth-order valence-electron chi connectivity index (χ4n) is 1.49. The highest BCUT2D eigenvalue weighted by Crippen LogP contribution is 2.36. The van der Waals surface area contributed by atoms with Gasteiger partial charge in [-0.25, -0.2) is 4.98 Å². The molecule has 0 fully saturated rings. The lowest BCUT2D eigenvalue weighted by Crippen LogP contribution is -1.88. The number of aromatic nitrogens is 3. The molecule has 0 saturated heterocycles. The second-order valence-electron chi connectivity index (χ2n) is 3.95. The summed E-state index contributed by atoms with van der Waals surface area (Å²) in [4.78, 5) is 8.75. The Morgan fingerprint density at radius 1 is 1.37 bits per heavy atom. The molecule has 19 heavy (non-hydrogen) atoms.